The number of carbonyl (C=O) groups excluding carboxylic acids is 1. The molecule has 2 aromatic carbocycles. The first kappa shape index (κ1) is 20.1. The lowest BCUT2D eigenvalue weighted by Crippen LogP contribution is -2.35. The van der Waals surface area contributed by atoms with Crippen LogP contribution in [-0.2, 0) is 24.4 Å². The van der Waals surface area contributed by atoms with E-state index in [0.29, 0.717) is 12.1 Å². The molecule has 0 spiro atoms. The lowest BCUT2D eigenvalue weighted by Gasteiger charge is -2.26. The molecule has 0 atom stereocenters. The molecule has 0 bridgehead atoms. The maximum Gasteiger partial charge on any atom is 0.315 e. The van der Waals surface area contributed by atoms with Gasteiger partial charge in [-0.05, 0) is 28.8 Å². The van der Waals surface area contributed by atoms with Gasteiger partial charge >= 0.3 is 6.03 Å². The summed E-state index contributed by atoms with van der Waals surface area (Å²) in [6.45, 7) is 5.09. The van der Waals surface area contributed by atoms with Crippen LogP contribution in [0.25, 0.3) is 0 Å². The zero-order valence-corrected chi connectivity index (χ0v) is 16.0. The van der Waals surface area contributed by atoms with Crippen LogP contribution in [0.3, 0.4) is 0 Å². The fourth-order valence-electron chi connectivity index (χ4n) is 3.03. The minimum Gasteiger partial charge on any atom is -0.494 e. The molecular weight excluding hydrogens is 361 g/mol. The number of nitrogens with one attached hydrogen (secondary N) is 2. The molecule has 2 amide bonds. The van der Waals surface area contributed by atoms with Gasteiger partial charge in [-0.25, -0.2) is 9.18 Å². The Morgan fingerprint density at radius 1 is 1.04 bits per heavy atom. The van der Waals surface area contributed by atoms with Crippen LogP contribution >= 0.6 is 0 Å². The van der Waals surface area contributed by atoms with E-state index >= 15 is 0 Å². The first-order chi connectivity index (χ1) is 13.6. The van der Waals surface area contributed by atoms with E-state index < -0.39 is 5.82 Å². The molecule has 1 saturated heterocycles. The van der Waals surface area contributed by atoms with Gasteiger partial charge in [0.15, 0.2) is 11.6 Å². The van der Waals surface area contributed by atoms with Gasteiger partial charge in [-0.1, -0.05) is 30.3 Å². The van der Waals surface area contributed by atoms with E-state index in [1.165, 1.54) is 18.7 Å². The van der Waals surface area contributed by atoms with E-state index in [9.17, 15) is 9.18 Å². The number of benzene rings is 2. The van der Waals surface area contributed by atoms with Crippen LogP contribution in [0.4, 0.5) is 9.18 Å². The highest BCUT2D eigenvalue weighted by molar-refractivity contribution is 5.73. The van der Waals surface area contributed by atoms with Gasteiger partial charge in [-0.2, -0.15) is 0 Å². The average molecular weight is 387 g/mol. The lowest BCUT2D eigenvalue weighted by atomic mass is 10.1. The van der Waals surface area contributed by atoms with E-state index in [2.05, 4.69) is 27.7 Å². The van der Waals surface area contributed by atoms with E-state index in [1.807, 2.05) is 12.1 Å². The largest absolute Gasteiger partial charge is 0.494 e. The van der Waals surface area contributed by atoms with Gasteiger partial charge in [-0.15, -0.1) is 0 Å². The highest BCUT2D eigenvalue weighted by Crippen LogP contribution is 2.17. The third kappa shape index (κ3) is 5.94. The summed E-state index contributed by atoms with van der Waals surface area (Å²) >= 11 is 0. The molecule has 1 heterocycles. The highest BCUT2D eigenvalue weighted by atomic mass is 19.1. The van der Waals surface area contributed by atoms with Gasteiger partial charge < -0.3 is 20.1 Å². The van der Waals surface area contributed by atoms with Crippen molar-refractivity contribution >= 4 is 6.03 Å². The van der Waals surface area contributed by atoms with Crippen molar-refractivity contribution in [3.8, 4) is 5.75 Å². The van der Waals surface area contributed by atoms with Crippen LogP contribution in [0.2, 0.25) is 0 Å². The Labute approximate surface area is 164 Å². The summed E-state index contributed by atoms with van der Waals surface area (Å²) < 4.78 is 23.9. The maximum atomic E-state index is 13.7. The maximum absolute atomic E-state index is 13.7. The van der Waals surface area contributed by atoms with Crippen LogP contribution in [0, 0.1) is 5.82 Å². The smallest absolute Gasteiger partial charge is 0.315 e. The van der Waals surface area contributed by atoms with Gasteiger partial charge in [0, 0.05) is 32.7 Å². The molecule has 1 aliphatic heterocycles. The van der Waals surface area contributed by atoms with Crippen molar-refractivity contribution in [3.63, 3.8) is 0 Å². The molecule has 1 fully saturated rings. The Kier molecular flexibility index (Phi) is 7.22. The lowest BCUT2D eigenvalue weighted by molar-refractivity contribution is 0.0342. The molecule has 2 aromatic rings. The van der Waals surface area contributed by atoms with Gasteiger partial charge in [0.2, 0.25) is 0 Å². The Bertz CT molecular complexity index is 777. The second kappa shape index (κ2) is 10.1. The van der Waals surface area contributed by atoms with Crippen molar-refractivity contribution < 1.29 is 18.7 Å². The predicted octanol–water partition coefficient (Wildman–Crippen LogP) is 2.67. The van der Waals surface area contributed by atoms with Crippen molar-refractivity contribution in [1.29, 1.82) is 0 Å². The third-order valence-corrected chi connectivity index (χ3v) is 4.66. The van der Waals surface area contributed by atoms with E-state index in [-0.39, 0.29) is 18.3 Å². The topological polar surface area (TPSA) is 62.8 Å². The zero-order chi connectivity index (χ0) is 19.8. The number of hydrogen-bond acceptors (Lipinski definition) is 4. The number of halogens is 1. The number of methoxy groups -OCH3 is 1. The molecule has 0 radical (unpaired) electrons. The van der Waals surface area contributed by atoms with Crippen LogP contribution in [-0.4, -0.2) is 44.3 Å². The van der Waals surface area contributed by atoms with Crippen LogP contribution in [0.15, 0.2) is 42.5 Å². The molecule has 6 nitrogen and oxygen atoms in total. The molecule has 0 aliphatic carbocycles. The Hall–Kier alpha value is -2.64. The summed E-state index contributed by atoms with van der Waals surface area (Å²) in [7, 11) is 1.42. The Morgan fingerprint density at radius 3 is 2.29 bits per heavy atom. The van der Waals surface area contributed by atoms with Gasteiger partial charge in [0.1, 0.15) is 0 Å². The molecule has 1 aliphatic rings. The second-order valence-corrected chi connectivity index (χ2v) is 6.71. The number of morpholine rings is 1. The number of urea groups is 1. The summed E-state index contributed by atoms with van der Waals surface area (Å²) in [5.74, 6) is -0.260. The van der Waals surface area contributed by atoms with Crippen LogP contribution < -0.4 is 15.4 Å². The van der Waals surface area contributed by atoms with Crippen molar-refractivity contribution in [1.82, 2.24) is 15.5 Å². The van der Waals surface area contributed by atoms with Crippen LogP contribution in [0.1, 0.15) is 16.7 Å². The monoisotopic (exact) mass is 387 g/mol. The number of amides is 2. The summed E-state index contributed by atoms with van der Waals surface area (Å²) in [5.41, 5.74) is 2.94. The molecule has 7 heteroatoms. The third-order valence-electron chi connectivity index (χ3n) is 4.66. The number of carbonyl (C=O) groups is 1. The number of rotatable bonds is 7. The van der Waals surface area contributed by atoms with Crippen molar-refractivity contribution in [2.24, 2.45) is 0 Å². The number of hydrogen-bond donors (Lipinski definition) is 2. The predicted molar refractivity (Wildman–Crippen MR) is 105 cm³/mol. The van der Waals surface area contributed by atoms with Crippen LogP contribution in [0.5, 0.6) is 5.75 Å². The van der Waals surface area contributed by atoms with Crippen molar-refractivity contribution in [2.75, 3.05) is 33.4 Å². The highest BCUT2D eigenvalue weighted by Gasteiger charge is 2.10. The summed E-state index contributed by atoms with van der Waals surface area (Å²) in [4.78, 5) is 14.3. The molecule has 28 heavy (non-hydrogen) atoms. The number of nitrogens with zero attached hydrogens (tertiary/aromatic N) is 1. The van der Waals surface area contributed by atoms with E-state index in [0.717, 1.165) is 38.4 Å². The first-order valence-electron chi connectivity index (χ1n) is 9.36. The molecule has 0 unspecified atom stereocenters. The molecular formula is C21H26FN3O3. The normalized spacial score (nSPS) is 14.5. The fraction of sp³-hybridized carbons (Fsp3) is 0.381. The van der Waals surface area contributed by atoms with Crippen molar-refractivity contribution in [2.45, 2.75) is 19.6 Å². The molecule has 3 rings (SSSR count). The average Bonchev–Trinajstić information content (AvgIpc) is 2.72. The first-order valence-corrected chi connectivity index (χ1v) is 9.36. The summed E-state index contributed by atoms with van der Waals surface area (Å²) in [6, 6.07) is 12.5. The minimum atomic E-state index is -0.445. The fourth-order valence-corrected chi connectivity index (χ4v) is 3.03. The molecule has 0 saturated carbocycles. The van der Waals surface area contributed by atoms with Crippen molar-refractivity contribution in [3.05, 3.63) is 65.0 Å². The molecule has 0 aromatic heterocycles. The standard InChI is InChI=1S/C21H26FN3O3/c1-27-20-7-6-18(12-19(20)22)14-24-21(26)23-13-16-2-4-17(5-3-16)15-25-8-10-28-11-9-25/h2-7,12H,8-11,13-15H2,1H3,(H2,23,24,26). The van der Waals surface area contributed by atoms with Gasteiger partial charge in [0.25, 0.3) is 0 Å². The SMILES string of the molecule is COc1ccc(CNC(=O)NCc2ccc(CN3CCOCC3)cc2)cc1F. The Balaban J connectivity index is 1.40. The van der Waals surface area contributed by atoms with Gasteiger partial charge in [-0.3, -0.25) is 4.90 Å². The zero-order valence-electron chi connectivity index (χ0n) is 16.0. The van der Waals surface area contributed by atoms with E-state index in [1.54, 1.807) is 12.1 Å². The van der Waals surface area contributed by atoms with Gasteiger partial charge in [0.05, 0.1) is 20.3 Å². The summed E-state index contributed by atoms with van der Waals surface area (Å²) in [6.07, 6.45) is 0. The number of ether oxygens (including phenoxy) is 2. The summed E-state index contributed by atoms with van der Waals surface area (Å²) in [5, 5.41) is 5.54. The quantitative estimate of drug-likeness (QED) is 0.767. The van der Waals surface area contributed by atoms with E-state index in [4.69, 9.17) is 9.47 Å². The second-order valence-electron chi connectivity index (χ2n) is 6.71. The Morgan fingerprint density at radius 2 is 1.64 bits per heavy atom. The molecule has 2 N–H and O–H groups in total. The molecule has 150 valence electrons. The minimum absolute atomic E-state index is 0.185.